The number of carbonyl (C=O) groups excluding carboxylic acids is 1. The predicted molar refractivity (Wildman–Crippen MR) is 82.3 cm³/mol. The highest BCUT2D eigenvalue weighted by Crippen LogP contribution is 2.47. The Hall–Kier alpha value is -2.24. The van der Waals surface area contributed by atoms with E-state index in [1.165, 1.54) is 25.0 Å². The van der Waals surface area contributed by atoms with Crippen molar-refractivity contribution in [2.24, 2.45) is 0 Å². The minimum atomic E-state index is -0.230. The molecule has 2 aliphatic rings. The Bertz CT molecular complexity index is 716. The Balaban J connectivity index is 1.33. The molecule has 0 saturated heterocycles. The lowest BCUT2D eigenvalue weighted by Gasteiger charge is -2.16. The van der Waals surface area contributed by atoms with Gasteiger partial charge in [0.15, 0.2) is 0 Å². The first kappa shape index (κ1) is 14.4. The number of amides is 1. The summed E-state index contributed by atoms with van der Waals surface area (Å²) in [5.41, 5.74) is 2.06. The number of hydrogen-bond donors (Lipinski definition) is 1. The molecule has 0 bridgehead atoms. The molecule has 0 atom stereocenters. The van der Waals surface area contributed by atoms with Crippen molar-refractivity contribution < 1.29 is 9.18 Å². The predicted octanol–water partition coefficient (Wildman–Crippen LogP) is 2.14. The van der Waals surface area contributed by atoms with Gasteiger partial charge in [-0.1, -0.05) is 17.3 Å². The molecule has 1 heterocycles. The van der Waals surface area contributed by atoms with E-state index in [1.807, 2.05) is 18.3 Å². The molecule has 23 heavy (non-hydrogen) atoms. The Labute approximate surface area is 133 Å². The molecule has 1 N–H and O–H groups in total. The largest absolute Gasteiger partial charge is 0.354 e. The summed E-state index contributed by atoms with van der Waals surface area (Å²) >= 11 is 0. The Kier molecular flexibility index (Phi) is 3.39. The van der Waals surface area contributed by atoms with Crippen LogP contribution in [0.3, 0.4) is 0 Å². The molecule has 0 aliphatic heterocycles. The maximum atomic E-state index is 13.0. The molecule has 1 aromatic carbocycles. The van der Waals surface area contributed by atoms with Gasteiger partial charge in [0.25, 0.3) is 0 Å². The van der Waals surface area contributed by atoms with Gasteiger partial charge in [0.1, 0.15) is 12.4 Å². The molecule has 2 fully saturated rings. The van der Waals surface area contributed by atoms with E-state index in [0.717, 1.165) is 24.1 Å². The fourth-order valence-corrected chi connectivity index (χ4v) is 2.95. The van der Waals surface area contributed by atoms with Crippen molar-refractivity contribution in [3.05, 3.63) is 47.5 Å². The maximum absolute atomic E-state index is 13.0. The van der Waals surface area contributed by atoms with E-state index in [2.05, 4.69) is 15.6 Å². The Morgan fingerprint density at radius 2 is 2.04 bits per heavy atom. The Morgan fingerprint density at radius 1 is 1.30 bits per heavy atom. The first-order valence-corrected chi connectivity index (χ1v) is 8.07. The van der Waals surface area contributed by atoms with Crippen molar-refractivity contribution in [3.8, 4) is 0 Å². The maximum Gasteiger partial charge on any atom is 0.241 e. The highest BCUT2D eigenvalue weighted by Gasteiger charge is 2.44. The van der Waals surface area contributed by atoms with E-state index >= 15 is 0 Å². The van der Waals surface area contributed by atoms with Gasteiger partial charge in [0, 0.05) is 24.1 Å². The van der Waals surface area contributed by atoms with Crippen molar-refractivity contribution in [2.75, 3.05) is 6.54 Å². The monoisotopic (exact) mass is 314 g/mol. The summed E-state index contributed by atoms with van der Waals surface area (Å²) in [5, 5.41) is 11.1. The molecule has 0 unspecified atom stereocenters. The van der Waals surface area contributed by atoms with Gasteiger partial charge in [-0.15, -0.1) is 5.10 Å². The average molecular weight is 314 g/mol. The van der Waals surface area contributed by atoms with Crippen LogP contribution in [-0.2, 0) is 16.8 Å². The first-order chi connectivity index (χ1) is 11.1. The molecule has 4 rings (SSSR count). The lowest BCUT2D eigenvalue weighted by atomic mass is 9.96. The second kappa shape index (κ2) is 5.44. The van der Waals surface area contributed by atoms with Crippen molar-refractivity contribution >= 4 is 5.91 Å². The topological polar surface area (TPSA) is 59.8 Å². The van der Waals surface area contributed by atoms with E-state index in [0.29, 0.717) is 12.5 Å². The molecule has 120 valence electrons. The number of carbonyl (C=O) groups is 1. The van der Waals surface area contributed by atoms with Crippen LogP contribution in [0.4, 0.5) is 4.39 Å². The minimum Gasteiger partial charge on any atom is -0.354 e. The van der Waals surface area contributed by atoms with Gasteiger partial charge < -0.3 is 5.32 Å². The highest BCUT2D eigenvalue weighted by atomic mass is 19.1. The van der Waals surface area contributed by atoms with Crippen LogP contribution in [0.25, 0.3) is 0 Å². The van der Waals surface area contributed by atoms with Gasteiger partial charge in [-0.05, 0) is 43.4 Å². The number of rotatable bonds is 6. The third-order valence-corrected chi connectivity index (χ3v) is 4.79. The summed E-state index contributed by atoms with van der Waals surface area (Å²) < 4.78 is 14.6. The van der Waals surface area contributed by atoms with Crippen LogP contribution in [0.5, 0.6) is 0 Å². The Morgan fingerprint density at radius 3 is 2.70 bits per heavy atom. The normalized spacial score (nSPS) is 18.7. The molecule has 1 aromatic heterocycles. The zero-order valence-electron chi connectivity index (χ0n) is 12.8. The number of hydrogen-bond acceptors (Lipinski definition) is 3. The summed E-state index contributed by atoms with van der Waals surface area (Å²) in [7, 11) is 0. The molecule has 2 aliphatic carbocycles. The number of nitrogens with one attached hydrogen (secondary N) is 1. The van der Waals surface area contributed by atoms with Crippen molar-refractivity contribution in [2.45, 2.75) is 43.6 Å². The summed E-state index contributed by atoms with van der Waals surface area (Å²) in [6.07, 6.45) is 6.25. The third kappa shape index (κ3) is 3.11. The van der Waals surface area contributed by atoms with E-state index in [9.17, 15) is 9.18 Å². The smallest absolute Gasteiger partial charge is 0.241 e. The lowest BCUT2D eigenvalue weighted by molar-refractivity contribution is -0.122. The summed E-state index contributed by atoms with van der Waals surface area (Å²) in [6.45, 7) is 0.779. The van der Waals surface area contributed by atoms with E-state index in [1.54, 1.807) is 4.68 Å². The van der Waals surface area contributed by atoms with Crippen molar-refractivity contribution in [1.82, 2.24) is 20.3 Å². The average Bonchev–Trinajstić information content (AvgIpc) is 3.47. The highest BCUT2D eigenvalue weighted by molar-refractivity contribution is 5.75. The zero-order chi connectivity index (χ0) is 15.9. The van der Waals surface area contributed by atoms with Crippen LogP contribution in [0.2, 0.25) is 0 Å². The molecule has 6 heteroatoms. The molecule has 5 nitrogen and oxygen atoms in total. The van der Waals surface area contributed by atoms with E-state index in [-0.39, 0.29) is 23.7 Å². The molecular formula is C17H19FN4O. The van der Waals surface area contributed by atoms with E-state index < -0.39 is 0 Å². The van der Waals surface area contributed by atoms with Gasteiger partial charge in [0.05, 0.1) is 5.69 Å². The van der Waals surface area contributed by atoms with Gasteiger partial charge in [-0.25, -0.2) is 9.07 Å². The molecule has 2 aromatic rings. The molecule has 2 saturated carbocycles. The van der Waals surface area contributed by atoms with Crippen LogP contribution in [-0.4, -0.2) is 27.4 Å². The third-order valence-electron chi connectivity index (χ3n) is 4.79. The number of halogens is 1. The minimum absolute atomic E-state index is 0.0229. The standard InChI is InChI=1S/C17H19FN4O/c18-14-5-3-13(4-6-14)17(7-8-17)11-19-16(23)10-22-9-15(20-21-22)12-1-2-12/h3-6,9,12H,1-2,7-8,10-11H2,(H,19,23). The summed E-state index contributed by atoms with van der Waals surface area (Å²) in [6, 6.07) is 6.58. The van der Waals surface area contributed by atoms with Crippen LogP contribution < -0.4 is 5.32 Å². The molecule has 0 radical (unpaired) electrons. The van der Waals surface area contributed by atoms with Gasteiger partial charge in [0.2, 0.25) is 5.91 Å². The fourth-order valence-electron chi connectivity index (χ4n) is 2.95. The van der Waals surface area contributed by atoms with Crippen LogP contribution >= 0.6 is 0 Å². The fraction of sp³-hybridized carbons (Fsp3) is 0.471. The number of benzene rings is 1. The lowest BCUT2D eigenvalue weighted by Crippen LogP contribution is -2.34. The summed E-state index contributed by atoms with van der Waals surface area (Å²) in [5.74, 6) is 0.247. The molecule has 1 amide bonds. The van der Waals surface area contributed by atoms with E-state index in [4.69, 9.17) is 0 Å². The first-order valence-electron chi connectivity index (χ1n) is 8.07. The number of nitrogens with zero attached hydrogens (tertiary/aromatic N) is 3. The SMILES string of the molecule is O=C(Cn1cc(C2CC2)nn1)NCC1(c2ccc(F)cc2)CC1. The quantitative estimate of drug-likeness (QED) is 0.888. The molecule has 0 spiro atoms. The van der Waals surface area contributed by atoms with Gasteiger partial charge >= 0.3 is 0 Å². The summed E-state index contributed by atoms with van der Waals surface area (Å²) in [4.78, 5) is 12.1. The van der Waals surface area contributed by atoms with Crippen LogP contribution in [0.1, 0.15) is 42.9 Å². The van der Waals surface area contributed by atoms with Crippen molar-refractivity contribution in [3.63, 3.8) is 0 Å². The van der Waals surface area contributed by atoms with Gasteiger partial charge in [-0.2, -0.15) is 0 Å². The zero-order valence-corrected chi connectivity index (χ0v) is 12.8. The van der Waals surface area contributed by atoms with Crippen molar-refractivity contribution in [1.29, 1.82) is 0 Å². The second-order valence-corrected chi connectivity index (χ2v) is 6.68. The van der Waals surface area contributed by atoms with Gasteiger partial charge in [-0.3, -0.25) is 4.79 Å². The van der Waals surface area contributed by atoms with Crippen LogP contribution in [0.15, 0.2) is 30.5 Å². The molecular weight excluding hydrogens is 295 g/mol. The number of aromatic nitrogens is 3. The second-order valence-electron chi connectivity index (χ2n) is 6.68. The van der Waals surface area contributed by atoms with Crippen LogP contribution in [0, 0.1) is 5.82 Å².